The van der Waals surface area contributed by atoms with Crippen LogP contribution in [0.2, 0.25) is 0 Å². The maximum atomic E-state index is 13.8. The Kier molecular flexibility index (Phi) is 5.15. The molecule has 0 fully saturated rings. The SMILES string of the molecule is Cc1cc(=O)c(C(=O)N2Cc3ccccc3CC2c2ccccc2)nn1-c1ccccc1. The molecule has 1 atom stereocenters. The number of carbonyl (C=O) groups excluding carboxylic acids is 1. The van der Waals surface area contributed by atoms with Crippen LogP contribution in [0.5, 0.6) is 0 Å². The van der Waals surface area contributed by atoms with Crippen LogP contribution in [0.1, 0.15) is 38.9 Å². The summed E-state index contributed by atoms with van der Waals surface area (Å²) in [6.45, 7) is 2.26. The minimum Gasteiger partial charge on any atom is -0.325 e. The smallest absolute Gasteiger partial charge is 0.279 e. The van der Waals surface area contributed by atoms with Crippen molar-refractivity contribution >= 4 is 5.91 Å². The topological polar surface area (TPSA) is 55.2 Å². The van der Waals surface area contributed by atoms with Crippen LogP contribution in [-0.4, -0.2) is 20.6 Å². The lowest BCUT2D eigenvalue weighted by molar-refractivity contribution is 0.0628. The average molecular weight is 422 g/mol. The minimum absolute atomic E-state index is 0.0558. The lowest BCUT2D eigenvalue weighted by Crippen LogP contribution is -2.41. The highest BCUT2D eigenvalue weighted by atomic mass is 16.2. The number of rotatable bonds is 3. The van der Waals surface area contributed by atoms with Crippen LogP contribution < -0.4 is 5.43 Å². The third-order valence-electron chi connectivity index (χ3n) is 6.00. The molecular weight excluding hydrogens is 398 g/mol. The van der Waals surface area contributed by atoms with Gasteiger partial charge in [-0.25, -0.2) is 4.68 Å². The van der Waals surface area contributed by atoms with Gasteiger partial charge in [0.1, 0.15) is 0 Å². The van der Waals surface area contributed by atoms with Gasteiger partial charge in [0, 0.05) is 18.3 Å². The maximum Gasteiger partial charge on any atom is 0.279 e. The van der Waals surface area contributed by atoms with Crippen molar-refractivity contribution in [3.05, 3.63) is 129 Å². The lowest BCUT2D eigenvalue weighted by atomic mass is 9.89. The van der Waals surface area contributed by atoms with Gasteiger partial charge in [0.05, 0.1) is 11.7 Å². The number of benzene rings is 3. The van der Waals surface area contributed by atoms with Crippen molar-refractivity contribution in [3.8, 4) is 5.69 Å². The zero-order chi connectivity index (χ0) is 22.1. The lowest BCUT2D eigenvalue weighted by Gasteiger charge is -2.37. The second-order valence-electron chi connectivity index (χ2n) is 8.08. The van der Waals surface area contributed by atoms with Crippen LogP contribution in [0.4, 0.5) is 0 Å². The number of hydrogen-bond donors (Lipinski definition) is 0. The van der Waals surface area contributed by atoms with Crippen molar-refractivity contribution in [1.82, 2.24) is 14.7 Å². The first-order valence-electron chi connectivity index (χ1n) is 10.7. The minimum atomic E-state index is -0.356. The van der Waals surface area contributed by atoms with E-state index in [1.54, 1.807) is 9.58 Å². The first-order valence-corrected chi connectivity index (χ1v) is 10.7. The molecule has 32 heavy (non-hydrogen) atoms. The second-order valence-corrected chi connectivity index (χ2v) is 8.08. The van der Waals surface area contributed by atoms with E-state index in [9.17, 15) is 9.59 Å². The van der Waals surface area contributed by atoms with Crippen LogP contribution in [0.25, 0.3) is 5.69 Å². The Balaban J connectivity index is 1.60. The molecule has 158 valence electrons. The molecule has 0 saturated carbocycles. The fourth-order valence-electron chi connectivity index (χ4n) is 4.37. The van der Waals surface area contributed by atoms with Gasteiger partial charge < -0.3 is 4.90 Å². The highest BCUT2D eigenvalue weighted by Gasteiger charge is 2.33. The largest absolute Gasteiger partial charge is 0.325 e. The van der Waals surface area contributed by atoms with Gasteiger partial charge in [0.15, 0.2) is 5.69 Å². The molecule has 1 unspecified atom stereocenters. The van der Waals surface area contributed by atoms with E-state index in [0.29, 0.717) is 18.7 Å². The van der Waals surface area contributed by atoms with Gasteiger partial charge in [-0.05, 0) is 42.2 Å². The molecule has 1 aromatic heterocycles. The van der Waals surface area contributed by atoms with E-state index in [1.165, 1.54) is 11.6 Å². The average Bonchev–Trinajstić information content (AvgIpc) is 2.84. The van der Waals surface area contributed by atoms with E-state index in [-0.39, 0.29) is 23.1 Å². The molecule has 0 spiro atoms. The Bertz CT molecular complexity index is 1330. The number of amides is 1. The molecule has 3 aromatic carbocycles. The van der Waals surface area contributed by atoms with E-state index >= 15 is 0 Å². The van der Waals surface area contributed by atoms with Gasteiger partial charge in [-0.3, -0.25) is 9.59 Å². The number of carbonyl (C=O) groups is 1. The van der Waals surface area contributed by atoms with Crippen molar-refractivity contribution < 1.29 is 4.79 Å². The molecule has 0 N–H and O–H groups in total. The Hall–Kier alpha value is -3.99. The first kappa shape index (κ1) is 19.9. The summed E-state index contributed by atoms with van der Waals surface area (Å²) in [5, 5.41) is 4.51. The fourth-order valence-corrected chi connectivity index (χ4v) is 4.37. The molecular formula is C27H23N3O2. The van der Waals surface area contributed by atoms with Crippen LogP contribution >= 0.6 is 0 Å². The highest BCUT2D eigenvalue weighted by molar-refractivity contribution is 5.92. The summed E-state index contributed by atoms with van der Waals surface area (Å²) in [4.78, 5) is 28.4. The number of hydrogen-bond acceptors (Lipinski definition) is 3. The predicted molar refractivity (Wildman–Crippen MR) is 124 cm³/mol. The van der Waals surface area contributed by atoms with E-state index in [1.807, 2.05) is 85.8 Å². The standard InChI is InChI=1S/C27H23N3O2/c1-19-16-25(31)26(28-30(19)23-14-6-3-7-15-23)27(32)29-18-22-13-9-8-12-21(22)17-24(29)20-10-4-2-5-11-20/h2-16,24H,17-18H2,1H3. The van der Waals surface area contributed by atoms with E-state index in [0.717, 1.165) is 16.8 Å². The fraction of sp³-hybridized carbons (Fsp3) is 0.148. The van der Waals surface area contributed by atoms with Gasteiger partial charge in [-0.1, -0.05) is 72.8 Å². The number of nitrogens with zero attached hydrogens (tertiary/aromatic N) is 3. The Morgan fingerprint density at radius 2 is 1.50 bits per heavy atom. The normalized spacial score (nSPS) is 15.3. The Morgan fingerprint density at radius 1 is 0.875 bits per heavy atom. The highest BCUT2D eigenvalue weighted by Crippen LogP contribution is 2.33. The van der Waals surface area contributed by atoms with Crippen molar-refractivity contribution in [1.29, 1.82) is 0 Å². The van der Waals surface area contributed by atoms with Gasteiger partial charge >= 0.3 is 0 Å². The van der Waals surface area contributed by atoms with Crippen molar-refractivity contribution in [3.63, 3.8) is 0 Å². The molecule has 4 aromatic rings. The second kappa shape index (κ2) is 8.27. The van der Waals surface area contributed by atoms with Crippen molar-refractivity contribution in [2.45, 2.75) is 25.9 Å². The van der Waals surface area contributed by atoms with Gasteiger partial charge in [-0.15, -0.1) is 0 Å². The first-order chi connectivity index (χ1) is 15.6. The van der Waals surface area contributed by atoms with Crippen LogP contribution in [-0.2, 0) is 13.0 Å². The van der Waals surface area contributed by atoms with E-state index in [2.05, 4.69) is 11.2 Å². The Morgan fingerprint density at radius 3 is 2.22 bits per heavy atom. The molecule has 5 nitrogen and oxygen atoms in total. The molecule has 0 bridgehead atoms. The summed E-state index contributed by atoms with van der Waals surface area (Å²) >= 11 is 0. The van der Waals surface area contributed by atoms with Gasteiger partial charge in [0.25, 0.3) is 5.91 Å². The number of fused-ring (bicyclic) bond motifs is 1. The van der Waals surface area contributed by atoms with E-state index in [4.69, 9.17) is 0 Å². The van der Waals surface area contributed by atoms with Crippen molar-refractivity contribution in [2.24, 2.45) is 0 Å². The van der Waals surface area contributed by atoms with E-state index < -0.39 is 0 Å². The summed E-state index contributed by atoms with van der Waals surface area (Å²) in [6, 6.07) is 29.0. The maximum absolute atomic E-state index is 13.8. The molecule has 0 saturated heterocycles. The molecule has 0 aliphatic carbocycles. The summed E-state index contributed by atoms with van der Waals surface area (Å²) in [7, 11) is 0. The molecule has 2 heterocycles. The molecule has 1 aliphatic rings. The summed E-state index contributed by atoms with van der Waals surface area (Å²) in [5.74, 6) is -0.344. The summed E-state index contributed by atoms with van der Waals surface area (Å²) in [6.07, 6.45) is 0.699. The molecule has 5 rings (SSSR count). The third-order valence-corrected chi connectivity index (χ3v) is 6.00. The van der Waals surface area contributed by atoms with Crippen LogP contribution in [0, 0.1) is 6.92 Å². The molecule has 1 aliphatic heterocycles. The van der Waals surface area contributed by atoms with Gasteiger partial charge in [-0.2, -0.15) is 5.10 Å². The molecule has 0 radical (unpaired) electrons. The van der Waals surface area contributed by atoms with Crippen LogP contribution in [0.3, 0.4) is 0 Å². The third kappa shape index (κ3) is 3.62. The monoisotopic (exact) mass is 421 g/mol. The zero-order valence-electron chi connectivity index (χ0n) is 17.8. The number of para-hydroxylation sites is 1. The summed E-state index contributed by atoms with van der Waals surface area (Å²) in [5.41, 5.74) is 4.45. The van der Waals surface area contributed by atoms with Gasteiger partial charge in [0.2, 0.25) is 5.43 Å². The quantitative estimate of drug-likeness (QED) is 0.490. The zero-order valence-corrected chi connectivity index (χ0v) is 17.8. The molecule has 5 heteroatoms. The van der Waals surface area contributed by atoms with Crippen LogP contribution in [0.15, 0.2) is 95.8 Å². The summed E-state index contributed by atoms with van der Waals surface area (Å²) < 4.78 is 1.66. The predicted octanol–water partition coefficient (Wildman–Crippen LogP) is 4.48. The number of aryl methyl sites for hydroxylation is 1. The Labute approximate surface area is 186 Å². The van der Waals surface area contributed by atoms with Crippen molar-refractivity contribution in [2.75, 3.05) is 0 Å². The number of aromatic nitrogens is 2. The molecule has 1 amide bonds.